The molecule has 3 aromatic rings. The minimum atomic E-state index is -0.812. The van der Waals surface area contributed by atoms with E-state index >= 15 is 0 Å². The Morgan fingerprint density at radius 3 is 2.58 bits per heavy atom. The van der Waals surface area contributed by atoms with E-state index in [1.54, 1.807) is 19.1 Å². The van der Waals surface area contributed by atoms with Crippen molar-refractivity contribution >= 4 is 22.8 Å². The van der Waals surface area contributed by atoms with Gasteiger partial charge in [0.1, 0.15) is 11.3 Å². The van der Waals surface area contributed by atoms with Gasteiger partial charge in [-0.05, 0) is 43.0 Å². The second-order valence-electron chi connectivity index (χ2n) is 7.26. The van der Waals surface area contributed by atoms with Crippen LogP contribution in [0.15, 0.2) is 63.8 Å². The van der Waals surface area contributed by atoms with Gasteiger partial charge < -0.3 is 19.6 Å². The highest BCUT2D eigenvalue weighted by Crippen LogP contribution is 2.29. The van der Waals surface area contributed by atoms with E-state index in [1.165, 1.54) is 6.07 Å². The fraction of sp³-hybridized carbons (Fsp3) is 0.292. The molecule has 1 unspecified atom stereocenters. The van der Waals surface area contributed by atoms with Gasteiger partial charge in [0.05, 0.1) is 0 Å². The molecule has 1 atom stereocenters. The number of hydrogen-bond donors (Lipinski definition) is 2. The van der Waals surface area contributed by atoms with Crippen molar-refractivity contribution in [3.63, 3.8) is 0 Å². The highest BCUT2D eigenvalue weighted by molar-refractivity contribution is 5.93. The number of amides is 1. The third-order valence-corrected chi connectivity index (χ3v) is 4.85. The summed E-state index contributed by atoms with van der Waals surface area (Å²) in [5, 5.41) is 12.2. The van der Waals surface area contributed by atoms with Crippen LogP contribution in [0.5, 0.6) is 5.75 Å². The fourth-order valence-corrected chi connectivity index (χ4v) is 3.26. The summed E-state index contributed by atoms with van der Waals surface area (Å²) in [5.74, 6) is -0.657. The van der Waals surface area contributed by atoms with Crippen molar-refractivity contribution in [2.45, 2.75) is 38.7 Å². The van der Waals surface area contributed by atoms with E-state index in [2.05, 4.69) is 5.32 Å². The maximum absolute atomic E-state index is 12.2. The summed E-state index contributed by atoms with van der Waals surface area (Å²) in [5.41, 5.74) is 1.60. The molecule has 0 saturated heterocycles. The average molecular weight is 423 g/mol. The Balaban J connectivity index is 1.63. The van der Waals surface area contributed by atoms with E-state index < -0.39 is 17.7 Å². The standard InChI is InChI=1S/C24H25NO6/c1-16(24(29)25-13-7-3-6-10-22(26)27)30-18-11-12-19-20(17-8-4-2-5-9-17)15-23(28)31-21(19)14-18/h2,4-5,8-9,11-12,14-16H,3,6-7,10,13H2,1H3,(H,25,29)(H,26,27). The predicted octanol–water partition coefficient (Wildman–Crippen LogP) is 3.99. The summed E-state index contributed by atoms with van der Waals surface area (Å²) in [4.78, 5) is 34.8. The maximum Gasteiger partial charge on any atom is 0.336 e. The third-order valence-electron chi connectivity index (χ3n) is 4.85. The van der Waals surface area contributed by atoms with Crippen molar-refractivity contribution in [3.8, 4) is 16.9 Å². The molecular formula is C24H25NO6. The predicted molar refractivity (Wildman–Crippen MR) is 117 cm³/mol. The molecule has 0 saturated carbocycles. The van der Waals surface area contributed by atoms with Gasteiger partial charge in [0.25, 0.3) is 5.91 Å². The molecule has 0 spiro atoms. The van der Waals surface area contributed by atoms with Crippen LogP contribution in [0.3, 0.4) is 0 Å². The first-order valence-corrected chi connectivity index (χ1v) is 10.2. The molecule has 0 bridgehead atoms. The molecule has 3 rings (SSSR count). The van der Waals surface area contributed by atoms with Gasteiger partial charge in [0.2, 0.25) is 0 Å². The Morgan fingerprint density at radius 1 is 1.06 bits per heavy atom. The number of fused-ring (bicyclic) bond motifs is 1. The van der Waals surface area contributed by atoms with Crippen LogP contribution in [0.25, 0.3) is 22.1 Å². The maximum atomic E-state index is 12.2. The number of hydrogen-bond acceptors (Lipinski definition) is 5. The van der Waals surface area contributed by atoms with Gasteiger partial charge in [0.15, 0.2) is 6.10 Å². The molecule has 31 heavy (non-hydrogen) atoms. The summed E-state index contributed by atoms with van der Waals surface area (Å²) in [6.45, 7) is 2.10. The van der Waals surface area contributed by atoms with Crippen LogP contribution < -0.4 is 15.7 Å². The molecule has 162 valence electrons. The van der Waals surface area contributed by atoms with Gasteiger partial charge in [-0.25, -0.2) is 4.79 Å². The first-order chi connectivity index (χ1) is 14.9. The highest BCUT2D eigenvalue weighted by atomic mass is 16.5. The van der Waals surface area contributed by atoms with E-state index in [-0.39, 0.29) is 12.3 Å². The molecular weight excluding hydrogens is 398 g/mol. The van der Waals surface area contributed by atoms with Crippen molar-refractivity contribution < 1.29 is 23.8 Å². The summed E-state index contributed by atoms with van der Waals surface area (Å²) in [6.07, 6.45) is 1.42. The lowest BCUT2D eigenvalue weighted by atomic mass is 10.0. The summed E-state index contributed by atoms with van der Waals surface area (Å²) >= 11 is 0. The highest BCUT2D eigenvalue weighted by Gasteiger charge is 2.15. The smallest absolute Gasteiger partial charge is 0.336 e. The van der Waals surface area contributed by atoms with Crippen LogP contribution in [0.2, 0.25) is 0 Å². The molecule has 0 radical (unpaired) electrons. The zero-order valence-electron chi connectivity index (χ0n) is 17.3. The molecule has 0 aliphatic rings. The molecule has 1 aromatic heterocycles. The number of aliphatic carboxylic acids is 1. The molecule has 0 aliphatic heterocycles. The minimum Gasteiger partial charge on any atom is -0.481 e. The lowest BCUT2D eigenvalue weighted by Gasteiger charge is -2.15. The number of unbranched alkanes of at least 4 members (excludes halogenated alkanes) is 2. The Kier molecular flexibility index (Phi) is 7.43. The number of carboxylic acid groups (broad SMARTS) is 1. The average Bonchev–Trinajstić information content (AvgIpc) is 2.75. The largest absolute Gasteiger partial charge is 0.481 e. The summed E-state index contributed by atoms with van der Waals surface area (Å²) in [7, 11) is 0. The fourth-order valence-electron chi connectivity index (χ4n) is 3.26. The van der Waals surface area contributed by atoms with Gasteiger partial charge in [-0.15, -0.1) is 0 Å². The van der Waals surface area contributed by atoms with Crippen LogP contribution in [0, 0.1) is 0 Å². The first kappa shape index (κ1) is 22.1. The van der Waals surface area contributed by atoms with Crippen molar-refractivity contribution in [1.29, 1.82) is 0 Å². The SMILES string of the molecule is CC(Oc1ccc2c(-c3ccccc3)cc(=O)oc2c1)C(=O)NCCCCCC(=O)O. The van der Waals surface area contributed by atoms with E-state index in [4.69, 9.17) is 14.3 Å². The number of carboxylic acids is 1. The summed E-state index contributed by atoms with van der Waals surface area (Å²) in [6, 6.07) is 16.2. The quantitative estimate of drug-likeness (QED) is 0.377. The third kappa shape index (κ3) is 6.18. The van der Waals surface area contributed by atoms with Gasteiger partial charge in [-0.1, -0.05) is 36.8 Å². The van der Waals surface area contributed by atoms with E-state index in [1.807, 2.05) is 36.4 Å². The molecule has 0 aliphatic carbocycles. The van der Waals surface area contributed by atoms with Crippen molar-refractivity contribution in [1.82, 2.24) is 5.32 Å². The normalized spacial score (nSPS) is 11.8. The van der Waals surface area contributed by atoms with Gasteiger partial charge in [0, 0.05) is 30.5 Å². The Morgan fingerprint density at radius 2 is 1.84 bits per heavy atom. The van der Waals surface area contributed by atoms with Crippen LogP contribution in [0.4, 0.5) is 0 Å². The molecule has 7 nitrogen and oxygen atoms in total. The second-order valence-corrected chi connectivity index (χ2v) is 7.26. The number of benzene rings is 2. The monoisotopic (exact) mass is 423 g/mol. The topological polar surface area (TPSA) is 106 Å². The van der Waals surface area contributed by atoms with Crippen LogP contribution in [-0.2, 0) is 9.59 Å². The second kappa shape index (κ2) is 10.4. The Bertz CT molecular complexity index is 1110. The summed E-state index contributed by atoms with van der Waals surface area (Å²) < 4.78 is 11.1. The number of carbonyl (C=O) groups is 2. The zero-order chi connectivity index (χ0) is 22.2. The van der Waals surface area contributed by atoms with E-state index in [0.29, 0.717) is 30.7 Å². The van der Waals surface area contributed by atoms with Crippen molar-refractivity contribution in [2.24, 2.45) is 0 Å². The van der Waals surface area contributed by atoms with Crippen LogP contribution in [-0.4, -0.2) is 29.6 Å². The number of ether oxygens (including phenoxy) is 1. The van der Waals surface area contributed by atoms with Crippen LogP contribution in [0.1, 0.15) is 32.6 Å². The van der Waals surface area contributed by atoms with E-state index in [0.717, 1.165) is 22.9 Å². The van der Waals surface area contributed by atoms with E-state index in [9.17, 15) is 14.4 Å². The molecule has 1 amide bonds. The van der Waals surface area contributed by atoms with Crippen molar-refractivity contribution in [3.05, 3.63) is 65.0 Å². The Labute approximate surface area is 179 Å². The first-order valence-electron chi connectivity index (χ1n) is 10.2. The molecule has 2 aromatic carbocycles. The molecule has 7 heteroatoms. The lowest BCUT2D eigenvalue weighted by molar-refractivity contribution is -0.137. The lowest BCUT2D eigenvalue weighted by Crippen LogP contribution is -2.36. The number of rotatable bonds is 10. The number of carbonyl (C=O) groups excluding carboxylic acids is 1. The van der Waals surface area contributed by atoms with Crippen LogP contribution >= 0.6 is 0 Å². The minimum absolute atomic E-state index is 0.136. The zero-order valence-corrected chi connectivity index (χ0v) is 17.3. The van der Waals surface area contributed by atoms with Gasteiger partial charge >= 0.3 is 11.6 Å². The number of nitrogens with one attached hydrogen (secondary N) is 1. The molecule has 2 N–H and O–H groups in total. The van der Waals surface area contributed by atoms with Gasteiger partial charge in [-0.2, -0.15) is 0 Å². The molecule has 1 heterocycles. The van der Waals surface area contributed by atoms with Gasteiger partial charge in [-0.3, -0.25) is 9.59 Å². The Hall–Kier alpha value is -3.61. The van der Waals surface area contributed by atoms with Crippen molar-refractivity contribution in [2.75, 3.05) is 6.54 Å². The molecule has 0 fully saturated rings.